The van der Waals surface area contributed by atoms with Crippen molar-refractivity contribution in [2.75, 3.05) is 14.2 Å². The Kier molecular flexibility index (Phi) is 4.88. The Bertz CT molecular complexity index is 691. The van der Waals surface area contributed by atoms with E-state index in [0.29, 0.717) is 26.3 Å². The van der Waals surface area contributed by atoms with Crippen LogP contribution in [0.2, 0.25) is 4.34 Å². The highest BCUT2D eigenvalue weighted by Crippen LogP contribution is 2.35. The number of hydrogen-bond acceptors (Lipinski definition) is 4. The lowest BCUT2D eigenvalue weighted by Crippen LogP contribution is -1.99. The number of hydrogen-bond donors (Lipinski definition) is 1. The van der Waals surface area contributed by atoms with Crippen LogP contribution in [0, 0.1) is 0 Å². The van der Waals surface area contributed by atoms with Crippen molar-refractivity contribution in [1.82, 2.24) is 0 Å². The second kappa shape index (κ2) is 6.65. The Balaban J connectivity index is 2.56. The first kappa shape index (κ1) is 15.4. The van der Waals surface area contributed by atoms with E-state index in [1.165, 1.54) is 25.6 Å². The zero-order chi connectivity index (χ0) is 15.4. The predicted molar refractivity (Wildman–Crippen MR) is 84.4 cm³/mol. The van der Waals surface area contributed by atoms with Gasteiger partial charge < -0.3 is 14.6 Å². The number of carboxylic acid groups (broad SMARTS) is 1. The van der Waals surface area contributed by atoms with E-state index in [0.717, 1.165) is 0 Å². The van der Waals surface area contributed by atoms with Crippen LogP contribution >= 0.6 is 22.9 Å². The zero-order valence-corrected chi connectivity index (χ0v) is 13.0. The molecule has 4 nitrogen and oxygen atoms in total. The molecule has 1 heterocycles. The first-order chi connectivity index (χ1) is 10.1. The van der Waals surface area contributed by atoms with Gasteiger partial charge in [-0.15, -0.1) is 11.3 Å². The van der Waals surface area contributed by atoms with Gasteiger partial charge in [-0.2, -0.15) is 0 Å². The average Bonchev–Trinajstić information content (AvgIpc) is 2.89. The fraction of sp³-hybridized carbons (Fsp3) is 0.133. The van der Waals surface area contributed by atoms with Gasteiger partial charge >= 0.3 is 5.97 Å². The molecule has 0 atom stereocenters. The van der Waals surface area contributed by atoms with E-state index < -0.39 is 5.97 Å². The predicted octanol–water partition coefficient (Wildman–Crippen LogP) is 4.04. The third kappa shape index (κ3) is 3.37. The Morgan fingerprint density at radius 2 is 2.00 bits per heavy atom. The molecule has 2 rings (SSSR count). The summed E-state index contributed by atoms with van der Waals surface area (Å²) in [6.45, 7) is 0. The molecule has 1 aromatic heterocycles. The van der Waals surface area contributed by atoms with E-state index in [2.05, 4.69) is 0 Å². The fourth-order valence-corrected chi connectivity index (χ4v) is 2.93. The summed E-state index contributed by atoms with van der Waals surface area (Å²) in [5.74, 6) is -0.00000605. The molecule has 1 aromatic carbocycles. The van der Waals surface area contributed by atoms with E-state index in [4.69, 9.17) is 21.1 Å². The van der Waals surface area contributed by atoms with Crippen molar-refractivity contribution >= 4 is 40.6 Å². The van der Waals surface area contributed by atoms with Gasteiger partial charge in [-0.1, -0.05) is 23.7 Å². The molecule has 0 radical (unpaired) electrons. The number of carbonyl (C=O) groups is 1. The molecule has 0 amide bonds. The number of carboxylic acids is 1. The molecule has 0 unspecified atom stereocenters. The summed E-state index contributed by atoms with van der Waals surface area (Å²) in [5.41, 5.74) is 0.775. The first-order valence-electron chi connectivity index (χ1n) is 5.98. The SMILES string of the molecule is COc1cccc(/C=C(\C(=O)O)c2ccc(Cl)s2)c1OC. The molecular weight excluding hydrogens is 312 g/mol. The van der Waals surface area contributed by atoms with Gasteiger partial charge in [0.25, 0.3) is 0 Å². The van der Waals surface area contributed by atoms with Crippen LogP contribution in [0.15, 0.2) is 30.3 Å². The number of benzene rings is 1. The van der Waals surface area contributed by atoms with Crippen LogP contribution in [0.4, 0.5) is 0 Å². The molecule has 0 aliphatic heterocycles. The van der Waals surface area contributed by atoms with Crippen LogP contribution in [-0.4, -0.2) is 25.3 Å². The minimum atomic E-state index is -1.03. The summed E-state index contributed by atoms with van der Waals surface area (Å²) >= 11 is 7.08. The third-order valence-corrected chi connectivity index (χ3v) is 4.07. The smallest absolute Gasteiger partial charge is 0.337 e. The van der Waals surface area contributed by atoms with Crippen molar-refractivity contribution in [2.45, 2.75) is 0 Å². The number of aliphatic carboxylic acids is 1. The van der Waals surface area contributed by atoms with Crippen molar-refractivity contribution in [3.63, 3.8) is 0 Å². The van der Waals surface area contributed by atoms with Crippen LogP contribution in [0.25, 0.3) is 11.6 Å². The summed E-state index contributed by atoms with van der Waals surface area (Å²) in [6, 6.07) is 8.63. The summed E-state index contributed by atoms with van der Waals surface area (Å²) in [5, 5.41) is 9.41. The number of ether oxygens (including phenoxy) is 2. The summed E-state index contributed by atoms with van der Waals surface area (Å²) in [7, 11) is 3.04. The maximum absolute atomic E-state index is 11.5. The van der Waals surface area contributed by atoms with Gasteiger partial charge in [-0.25, -0.2) is 4.79 Å². The second-order valence-electron chi connectivity index (χ2n) is 4.05. The van der Waals surface area contributed by atoms with Crippen LogP contribution < -0.4 is 9.47 Å². The van der Waals surface area contributed by atoms with E-state index in [9.17, 15) is 9.90 Å². The third-order valence-electron chi connectivity index (χ3n) is 2.80. The summed E-state index contributed by atoms with van der Waals surface area (Å²) in [4.78, 5) is 12.1. The summed E-state index contributed by atoms with van der Waals surface area (Å²) < 4.78 is 11.0. The maximum atomic E-state index is 11.5. The highest BCUT2D eigenvalue weighted by atomic mass is 35.5. The Labute approximate surface area is 131 Å². The van der Waals surface area contributed by atoms with E-state index >= 15 is 0 Å². The number of para-hydroxylation sites is 1. The maximum Gasteiger partial charge on any atom is 0.337 e. The van der Waals surface area contributed by atoms with Crippen molar-refractivity contribution in [1.29, 1.82) is 0 Å². The van der Waals surface area contributed by atoms with Crippen LogP contribution in [0.3, 0.4) is 0 Å². The van der Waals surface area contributed by atoms with Gasteiger partial charge in [-0.05, 0) is 24.3 Å². The second-order valence-corrected chi connectivity index (χ2v) is 5.76. The van der Waals surface area contributed by atoms with E-state index in [-0.39, 0.29) is 5.57 Å². The van der Waals surface area contributed by atoms with Gasteiger partial charge in [0.2, 0.25) is 0 Å². The molecule has 2 aromatic rings. The van der Waals surface area contributed by atoms with Crippen LogP contribution in [-0.2, 0) is 4.79 Å². The number of halogens is 1. The summed E-state index contributed by atoms with van der Waals surface area (Å²) in [6.07, 6.45) is 1.55. The lowest BCUT2D eigenvalue weighted by atomic mass is 10.1. The van der Waals surface area contributed by atoms with Crippen LogP contribution in [0.5, 0.6) is 11.5 Å². The van der Waals surface area contributed by atoms with Crippen LogP contribution in [0.1, 0.15) is 10.4 Å². The van der Waals surface area contributed by atoms with Crippen molar-refractivity contribution in [3.8, 4) is 11.5 Å². The molecule has 0 fully saturated rings. The highest BCUT2D eigenvalue weighted by Gasteiger charge is 2.15. The largest absolute Gasteiger partial charge is 0.493 e. The van der Waals surface area contributed by atoms with Crippen molar-refractivity contribution < 1.29 is 19.4 Å². The Morgan fingerprint density at radius 1 is 1.24 bits per heavy atom. The fourth-order valence-electron chi connectivity index (χ4n) is 1.88. The van der Waals surface area contributed by atoms with Gasteiger partial charge in [0, 0.05) is 10.4 Å². The molecule has 0 spiro atoms. The van der Waals surface area contributed by atoms with Gasteiger partial charge in [0.05, 0.1) is 24.1 Å². The van der Waals surface area contributed by atoms with Gasteiger partial charge in [0.1, 0.15) is 0 Å². The van der Waals surface area contributed by atoms with Gasteiger partial charge in [-0.3, -0.25) is 0 Å². The number of thiophene rings is 1. The minimum Gasteiger partial charge on any atom is -0.493 e. The monoisotopic (exact) mass is 324 g/mol. The standard InChI is InChI=1S/C15H13ClO4S/c1-19-11-5-3-4-9(14(11)20-2)8-10(15(17)18)12-6-7-13(16)21-12/h3-8H,1-2H3,(H,17,18)/b10-8-. The number of methoxy groups -OCH3 is 2. The molecule has 0 bridgehead atoms. The molecule has 0 saturated carbocycles. The lowest BCUT2D eigenvalue weighted by Gasteiger charge is -2.10. The Morgan fingerprint density at radius 3 is 2.52 bits per heavy atom. The average molecular weight is 325 g/mol. The van der Waals surface area contributed by atoms with Crippen molar-refractivity contribution in [2.24, 2.45) is 0 Å². The minimum absolute atomic E-state index is 0.151. The molecule has 0 saturated heterocycles. The first-order valence-corrected chi connectivity index (χ1v) is 7.18. The topological polar surface area (TPSA) is 55.8 Å². The molecule has 6 heteroatoms. The van der Waals surface area contributed by atoms with E-state index in [1.807, 2.05) is 0 Å². The molecular formula is C15H13ClO4S. The number of rotatable bonds is 5. The quantitative estimate of drug-likeness (QED) is 0.843. The molecule has 0 aliphatic rings. The Hall–Kier alpha value is -1.98. The molecule has 1 N–H and O–H groups in total. The zero-order valence-electron chi connectivity index (χ0n) is 11.4. The molecule has 21 heavy (non-hydrogen) atoms. The van der Waals surface area contributed by atoms with E-state index in [1.54, 1.807) is 36.4 Å². The molecule has 0 aliphatic carbocycles. The lowest BCUT2D eigenvalue weighted by molar-refractivity contribution is -0.130. The normalized spacial score (nSPS) is 11.3. The molecule has 110 valence electrons. The van der Waals surface area contributed by atoms with Gasteiger partial charge in [0.15, 0.2) is 11.5 Å². The highest BCUT2D eigenvalue weighted by molar-refractivity contribution is 7.17. The van der Waals surface area contributed by atoms with Crippen molar-refractivity contribution in [3.05, 3.63) is 45.1 Å².